The number of alkyl halides is 2. The van der Waals surface area contributed by atoms with Crippen molar-refractivity contribution in [3.05, 3.63) is 0 Å². The number of amides is 10. The molecule has 5 N–H and O–H groups in total. The first kappa shape index (κ1) is 64.0. The second kappa shape index (κ2) is 27.7. The van der Waals surface area contributed by atoms with Crippen molar-refractivity contribution in [2.75, 3.05) is 61.9 Å². The van der Waals surface area contributed by atoms with Crippen molar-refractivity contribution in [2.45, 2.75) is 170 Å². The highest BCUT2D eigenvalue weighted by molar-refractivity contribution is 5.99. The third-order valence-electron chi connectivity index (χ3n) is 13.5. The Balaban J connectivity index is 3.73. The molecule has 0 aromatic heterocycles. The first-order chi connectivity index (χ1) is 32.6. The summed E-state index contributed by atoms with van der Waals surface area (Å²) in [5.41, 5.74) is 5.63. The third kappa shape index (κ3) is 17.3. The monoisotopic (exact) mass is 1010 g/mol. The lowest BCUT2D eigenvalue weighted by Crippen LogP contribution is -2.64. The molecule has 1 rings (SSSR count). The van der Waals surface area contributed by atoms with Crippen LogP contribution in [0.15, 0.2) is 0 Å². The molecular weight excluding hydrogens is 927 g/mol. The van der Waals surface area contributed by atoms with Crippen LogP contribution < -0.4 is 16.4 Å². The molecule has 0 aromatic carbocycles. The zero-order chi connectivity index (χ0) is 55.3. The smallest absolute Gasteiger partial charge is 0.324 e. The highest BCUT2D eigenvalue weighted by atomic mass is 19.3. The van der Waals surface area contributed by atoms with Crippen molar-refractivity contribution < 1.29 is 57.0 Å². The summed E-state index contributed by atoms with van der Waals surface area (Å²) in [6.07, 6.45) is -1.01. The van der Waals surface area contributed by atoms with Crippen molar-refractivity contribution in [1.29, 1.82) is 0 Å². The molecule has 20 nitrogen and oxygen atoms in total. The molecule has 1 aliphatic rings. The molecule has 1 heterocycles. The average Bonchev–Trinajstić information content (AvgIpc) is 3.27. The van der Waals surface area contributed by atoms with Gasteiger partial charge in [0.15, 0.2) is 0 Å². The Morgan fingerprint density at radius 1 is 0.620 bits per heavy atom. The Morgan fingerprint density at radius 3 is 1.51 bits per heavy atom. The number of imide groups is 1. The number of aliphatic hydroxyl groups excluding tert-OH is 1. The number of rotatable bonds is 27. The van der Waals surface area contributed by atoms with Crippen LogP contribution in [0.3, 0.4) is 0 Å². The van der Waals surface area contributed by atoms with Crippen LogP contribution in [0.1, 0.15) is 115 Å². The molecule has 0 saturated carbocycles. The van der Waals surface area contributed by atoms with Crippen molar-refractivity contribution in [1.82, 2.24) is 44.9 Å². The minimum absolute atomic E-state index is 0.00640. The molecule has 10 amide bonds. The largest absolute Gasteiger partial charge is 0.390 e. The number of nitrogens with zero attached hydrogens (tertiary/aromatic N) is 7. The molecule has 408 valence electrons. The lowest BCUT2D eigenvalue weighted by molar-refractivity contribution is -0.157. The Bertz CT molecular complexity index is 1860. The fourth-order valence-corrected chi connectivity index (χ4v) is 8.92. The minimum Gasteiger partial charge on any atom is -0.390 e. The summed E-state index contributed by atoms with van der Waals surface area (Å²) in [6.45, 7) is 19.7. The quantitative estimate of drug-likeness (QED) is 0.0930. The van der Waals surface area contributed by atoms with Gasteiger partial charge in [-0.1, -0.05) is 76.2 Å². The van der Waals surface area contributed by atoms with Crippen molar-refractivity contribution in [3.63, 3.8) is 0 Å². The van der Waals surface area contributed by atoms with E-state index in [-0.39, 0.29) is 50.5 Å². The van der Waals surface area contributed by atoms with Gasteiger partial charge in [-0.2, -0.15) is 0 Å². The van der Waals surface area contributed by atoms with Gasteiger partial charge in [-0.3, -0.25) is 48.6 Å². The second-order valence-corrected chi connectivity index (χ2v) is 21.0. The fourth-order valence-electron chi connectivity index (χ4n) is 8.92. The number of carbonyl (C=O) groups is 9. The van der Waals surface area contributed by atoms with Gasteiger partial charge in [-0.25, -0.2) is 13.6 Å². The molecule has 1 saturated heterocycles. The molecule has 9 atom stereocenters. The summed E-state index contributed by atoms with van der Waals surface area (Å²) in [4.78, 5) is 132. The number of nitrogens with two attached hydrogens (primary N) is 1. The van der Waals surface area contributed by atoms with Gasteiger partial charge in [0, 0.05) is 48.7 Å². The van der Waals surface area contributed by atoms with Gasteiger partial charge < -0.3 is 45.6 Å². The molecular formula is C49H88F2N10O10. The van der Waals surface area contributed by atoms with Crippen LogP contribution in [-0.4, -0.2) is 209 Å². The van der Waals surface area contributed by atoms with Crippen LogP contribution in [0.5, 0.6) is 0 Å². The first-order valence-corrected chi connectivity index (χ1v) is 24.9. The van der Waals surface area contributed by atoms with Crippen molar-refractivity contribution >= 4 is 53.3 Å². The van der Waals surface area contributed by atoms with E-state index in [0.717, 1.165) is 14.7 Å². The molecule has 0 aliphatic carbocycles. The number of nitrogens with one attached hydrogen (secondary N) is 2. The van der Waals surface area contributed by atoms with Gasteiger partial charge in [0.05, 0.1) is 19.2 Å². The summed E-state index contributed by atoms with van der Waals surface area (Å²) in [6, 6.07) is -9.38. The van der Waals surface area contributed by atoms with Crippen LogP contribution in [0, 0.1) is 29.6 Å². The molecule has 0 aromatic rings. The molecule has 0 radical (unpaired) electrons. The lowest BCUT2D eigenvalue weighted by Gasteiger charge is -2.42. The molecule has 0 spiro atoms. The van der Waals surface area contributed by atoms with Crippen molar-refractivity contribution in [2.24, 2.45) is 35.3 Å². The zero-order valence-electron chi connectivity index (χ0n) is 45.7. The van der Waals surface area contributed by atoms with Crippen LogP contribution in [-0.2, 0) is 38.4 Å². The normalized spacial score (nSPS) is 17.4. The van der Waals surface area contributed by atoms with E-state index in [1.165, 1.54) is 68.8 Å². The second-order valence-electron chi connectivity index (χ2n) is 21.0. The van der Waals surface area contributed by atoms with E-state index < -0.39 is 138 Å². The van der Waals surface area contributed by atoms with E-state index >= 15 is 0 Å². The molecule has 1 fully saturated rings. The molecule has 0 bridgehead atoms. The Kier molecular flexibility index (Phi) is 25.0. The molecule has 1 unspecified atom stereocenters. The maximum Gasteiger partial charge on any atom is 0.324 e. The number of hydrogen-bond donors (Lipinski definition) is 4. The Hall–Kier alpha value is -4.99. The number of carbonyl (C=O) groups excluding carboxylic acids is 9. The highest BCUT2D eigenvalue weighted by Gasteiger charge is 2.47. The Labute approximate surface area is 421 Å². The van der Waals surface area contributed by atoms with Gasteiger partial charge in [0.1, 0.15) is 42.3 Å². The number of hydrogen-bond acceptors (Lipinski definition) is 11. The standard InChI is InChI=1S/C49H88F2N10O10/c1-19-33(44(67)55(13)32(12)43(66)56(14)34(41(52)64)23-27(3)4)53-42(65)39(40(63)31(11)21-22-61-25-49(50,51)26-61)59(17)47(70)37(29(7)8)58(16)45(68)35(24-28(5)6)57(15)46(69)38(30(9)10)60(18)48(71)54-36(62)20-2/h27-35,37-40,63H,19-26H2,1-18H3,(H2,52,64)(H,53,65)(H,54,62,71)/t31-,32-,33+,34+,35+,37+,38?,39+,40-/m1/s1. The summed E-state index contributed by atoms with van der Waals surface area (Å²) in [7, 11) is 8.27. The van der Waals surface area contributed by atoms with E-state index in [1.54, 1.807) is 48.5 Å². The summed E-state index contributed by atoms with van der Waals surface area (Å²) >= 11 is 0. The highest BCUT2D eigenvalue weighted by Crippen LogP contribution is 2.29. The minimum atomic E-state index is -2.84. The van der Waals surface area contributed by atoms with Crippen LogP contribution in [0.2, 0.25) is 0 Å². The van der Waals surface area contributed by atoms with Gasteiger partial charge in [0.2, 0.25) is 47.3 Å². The van der Waals surface area contributed by atoms with E-state index in [9.17, 15) is 57.0 Å². The van der Waals surface area contributed by atoms with Gasteiger partial charge in [-0.15, -0.1) is 0 Å². The average molecular weight is 1020 g/mol. The summed E-state index contributed by atoms with van der Waals surface area (Å²) < 4.78 is 27.5. The molecule has 1 aliphatic heterocycles. The molecule has 71 heavy (non-hydrogen) atoms. The van der Waals surface area contributed by atoms with E-state index in [4.69, 9.17) is 5.73 Å². The number of halogens is 2. The van der Waals surface area contributed by atoms with Crippen LogP contribution in [0.4, 0.5) is 13.6 Å². The van der Waals surface area contributed by atoms with Gasteiger partial charge >= 0.3 is 6.03 Å². The van der Waals surface area contributed by atoms with Gasteiger partial charge in [-0.05, 0) is 68.7 Å². The van der Waals surface area contributed by atoms with E-state index in [0.29, 0.717) is 0 Å². The third-order valence-corrected chi connectivity index (χ3v) is 13.5. The molecule has 22 heteroatoms. The topological polar surface area (TPSA) is 247 Å². The number of primary amides is 1. The van der Waals surface area contributed by atoms with Crippen LogP contribution in [0.25, 0.3) is 0 Å². The predicted octanol–water partition coefficient (Wildman–Crippen LogP) is 2.21. The maximum absolute atomic E-state index is 15.0. The van der Waals surface area contributed by atoms with Gasteiger partial charge in [0.25, 0.3) is 5.92 Å². The van der Waals surface area contributed by atoms with Crippen molar-refractivity contribution in [3.8, 4) is 0 Å². The zero-order valence-corrected chi connectivity index (χ0v) is 45.7. The summed E-state index contributed by atoms with van der Waals surface area (Å²) in [5.74, 6) is -10.3. The predicted molar refractivity (Wildman–Crippen MR) is 265 cm³/mol. The van der Waals surface area contributed by atoms with E-state index in [1.807, 2.05) is 27.7 Å². The fraction of sp³-hybridized carbons (Fsp3) is 0.816. The lowest BCUT2D eigenvalue weighted by atomic mass is 9.91. The maximum atomic E-state index is 15.0. The first-order valence-electron chi connectivity index (χ1n) is 24.9. The summed E-state index contributed by atoms with van der Waals surface area (Å²) in [5, 5.41) is 17.0. The number of likely N-dealkylation sites (N-methyl/N-ethyl adjacent to an activating group) is 6. The van der Waals surface area contributed by atoms with E-state index in [2.05, 4.69) is 10.6 Å². The number of urea groups is 1. The number of likely N-dealkylation sites (tertiary alicyclic amines) is 1. The number of aliphatic hydroxyl groups is 1. The Morgan fingerprint density at radius 2 is 1.07 bits per heavy atom. The SMILES string of the molecule is CCC(=O)NC(=O)N(C)C(C(=O)N(C)[C@@H](CC(C)C)C(=O)N(C)[C@H](C(=O)N(C)[C@H](C(=O)N[C@@H](CC)C(=O)N(C)[C@H](C)C(=O)N(C)[C@@H](CC(C)C)C(N)=O)[C@H](O)[C@H](C)CCN1CC(F)(F)C1)C(C)C)C(C)C. The van der Waals surface area contributed by atoms with Crippen LogP contribution >= 0.6 is 0 Å².